The van der Waals surface area contributed by atoms with Crippen LogP contribution in [0.5, 0.6) is 0 Å². The first-order valence-corrected chi connectivity index (χ1v) is 11.5. The zero-order valence-corrected chi connectivity index (χ0v) is 20.3. The van der Waals surface area contributed by atoms with Crippen LogP contribution in [0.25, 0.3) is 5.57 Å². The molecule has 0 aliphatic heterocycles. The average Bonchev–Trinajstić information content (AvgIpc) is 3.19. The molecule has 0 spiro atoms. The second kappa shape index (κ2) is 11.0. The third-order valence-electron chi connectivity index (χ3n) is 6.33. The highest BCUT2D eigenvalue weighted by molar-refractivity contribution is 6.21. The molecule has 11 heteroatoms. The number of ether oxygens (including phenoxy) is 3. The van der Waals surface area contributed by atoms with E-state index >= 15 is 0 Å². The van der Waals surface area contributed by atoms with Crippen LogP contribution in [0.15, 0.2) is 41.1 Å². The van der Waals surface area contributed by atoms with Crippen molar-refractivity contribution in [2.24, 2.45) is 5.41 Å². The van der Waals surface area contributed by atoms with E-state index in [4.69, 9.17) is 14.2 Å². The van der Waals surface area contributed by atoms with E-state index in [1.807, 2.05) is 6.07 Å². The molecule has 1 N–H and O–H groups in total. The number of carbonyl (C=O) groups is 3. The Bertz CT molecular complexity index is 1190. The van der Waals surface area contributed by atoms with Crippen molar-refractivity contribution < 1.29 is 33.5 Å². The summed E-state index contributed by atoms with van der Waals surface area (Å²) in [4.78, 5) is 50.6. The molecule has 36 heavy (non-hydrogen) atoms. The highest BCUT2D eigenvalue weighted by atomic mass is 16.6. The van der Waals surface area contributed by atoms with Gasteiger partial charge in [0.25, 0.3) is 5.69 Å². The maximum absolute atomic E-state index is 13.6. The number of nitriles is 1. The summed E-state index contributed by atoms with van der Waals surface area (Å²) in [7, 11) is 2.19. The summed E-state index contributed by atoms with van der Waals surface area (Å²) in [6.07, 6.45) is 4.23. The fourth-order valence-electron chi connectivity index (χ4n) is 4.73. The molecule has 1 aromatic carbocycles. The van der Waals surface area contributed by atoms with Crippen LogP contribution in [0.2, 0.25) is 0 Å². The number of nitro benzene ring substituents is 1. The predicted octanol–water partition coefficient (Wildman–Crippen LogP) is 2.96. The van der Waals surface area contributed by atoms with E-state index in [-0.39, 0.29) is 40.7 Å². The van der Waals surface area contributed by atoms with E-state index in [0.29, 0.717) is 12.8 Å². The number of nitrogens with one attached hydrogen (secondary N) is 1. The number of methoxy groups -OCH3 is 2. The number of nitro groups is 1. The van der Waals surface area contributed by atoms with Gasteiger partial charge in [-0.25, -0.2) is 14.4 Å². The van der Waals surface area contributed by atoms with Gasteiger partial charge in [0.1, 0.15) is 0 Å². The van der Waals surface area contributed by atoms with Crippen molar-refractivity contribution in [1.29, 1.82) is 5.26 Å². The Balaban J connectivity index is 2.44. The smallest absolute Gasteiger partial charge is 0.340 e. The van der Waals surface area contributed by atoms with Crippen molar-refractivity contribution in [1.82, 2.24) is 5.32 Å². The molecule has 0 heterocycles. The average molecular weight is 498 g/mol. The Hall–Kier alpha value is -4.20. The molecule has 0 bridgehead atoms. The van der Waals surface area contributed by atoms with E-state index in [1.54, 1.807) is 6.92 Å². The number of esters is 3. The Morgan fingerprint density at radius 3 is 2.33 bits per heavy atom. The lowest BCUT2D eigenvalue weighted by Gasteiger charge is -2.32. The van der Waals surface area contributed by atoms with E-state index in [1.165, 1.54) is 18.2 Å². The normalized spacial score (nSPS) is 19.9. The number of rotatable bonds is 8. The van der Waals surface area contributed by atoms with Crippen molar-refractivity contribution >= 4 is 29.2 Å². The molecule has 0 amide bonds. The van der Waals surface area contributed by atoms with Gasteiger partial charge in [-0.3, -0.25) is 10.1 Å². The molecule has 1 atom stereocenters. The molecule has 1 unspecified atom stereocenters. The van der Waals surface area contributed by atoms with Crippen molar-refractivity contribution in [2.45, 2.75) is 45.1 Å². The summed E-state index contributed by atoms with van der Waals surface area (Å²) >= 11 is 0. The predicted molar refractivity (Wildman–Crippen MR) is 126 cm³/mol. The molecule has 190 valence electrons. The lowest BCUT2D eigenvalue weighted by molar-refractivity contribution is -0.384. The SMILES string of the molecule is CCOC(=O)C1(C#N)C(NC2CCCCC2)=C(C(=O)OC)C(C(=O)OC)=C1c1cccc([N+](=O)[O-])c1. The fraction of sp³-hybridized carbons (Fsp3) is 0.440. The molecule has 1 saturated carbocycles. The van der Waals surface area contributed by atoms with Crippen molar-refractivity contribution in [2.75, 3.05) is 20.8 Å². The number of carbonyl (C=O) groups excluding carboxylic acids is 3. The van der Waals surface area contributed by atoms with Crippen molar-refractivity contribution in [3.8, 4) is 6.07 Å². The Morgan fingerprint density at radius 1 is 1.14 bits per heavy atom. The van der Waals surface area contributed by atoms with Crippen LogP contribution in [0, 0.1) is 26.9 Å². The van der Waals surface area contributed by atoms with Gasteiger partial charge in [0.05, 0.1) is 48.7 Å². The molecule has 3 rings (SSSR count). The van der Waals surface area contributed by atoms with Crippen molar-refractivity contribution in [3.63, 3.8) is 0 Å². The zero-order chi connectivity index (χ0) is 26.5. The van der Waals surface area contributed by atoms with Gasteiger partial charge in [-0.2, -0.15) is 5.26 Å². The van der Waals surface area contributed by atoms with Gasteiger partial charge in [-0.15, -0.1) is 0 Å². The van der Waals surface area contributed by atoms with Gasteiger partial charge >= 0.3 is 17.9 Å². The van der Waals surface area contributed by atoms with Gasteiger partial charge in [0, 0.05) is 23.7 Å². The highest BCUT2D eigenvalue weighted by Gasteiger charge is 2.59. The summed E-state index contributed by atoms with van der Waals surface area (Å²) in [6.45, 7) is 1.46. The second-order valence-electron chi connectivity index (χ2n) is 8.35. The minimum Gasteiger partial charge on any atom is -0.465 e. The van der Waals surface area contributed by atoms with Crippen LogP contribution in [0.3, 0.4) is 0 Å². The quantitative estimate of drug-likeness (QED) is 0.245. The van der Waals surface area contributed by atoms with Crippen LogP contribution < -0.4 is 5.32 Å². The number of non-ortho nitro benzene ring substituents is 1. The molecule has 1 aromatic rings. The third-order valence-corrected chi connectivity index (χ3v) is 6.33. The maximum Gasteiger partial charge on any atom is 0.340 e. The summed E-state index contributed by atoms with van der Waals surface area (Å²) < 4.78 is 15.2. The molecular formula is C25H27N3O8. The lowest BCUT2D eigenvalue weighted by Crippen LogP contribution is -2.43. The first-order chi connectivity index (χ1) is 17.3. The first kappa shape index (κ1) is 26.4. The van der Waals surface area contributed by atoms with Crippen LogP contribution >= 0.6 is 0 Å². The molecule has 2 aliphatic carbocycles. The molecule has 2 aliphatic rings. The molecule has 0 saturated heterocycles. The summed E-state index contributed by atoms with van der Waals surface area (Å²) in [5, 5.41) is 25.3. The summed E-state index contributed by atoms with van der Waals surface area (Å²) in [5.74, 6) is -3.02. The van der Waals surface area contributed by atoms with Crippen LogP contribution in [-0.4, -0.2) is 49.7 Å². The number of hydrogen-bond acceptors (Lipinski definition) is 10. The van der Waals surface area contributed by atoms with E-state index in [2.05, 4.69) is 5.32 Å². The Labute approximate surface area is 207 Å². The van der Waals surface area contributed by atoms with Crippen LogP contribution in [-0.2, 0) is 28.6 Å². The van der Waals surface area contributed by atoms with E-state index < -0.39 is 33.8 Å². The van der Waals surface area contributed by atoms with Gasteiger partial charge in [0.2, 0.25) is 5.41 Å². The number of hydrogen-bond donors (Lipinski definition) is 1. The fourth-order valence-corrected chi connectivity index (χ4v) is 4.73. The number of benzene rings is 1. The molecule has 0 aromatic heterocycles. The van der Waals surface area contributed by atoms with Gasteiger partial charge in [-0.1, -0.05) is 31.4 Å². The first-order valence-electron chi connectivity index (χ1n) is 11.5. The van der Waals surface area contributed by atoms with Gasteiger partial charge < -0.3 is 19.5 Å². The zero-order valence-electron chi connectivity index (χ0n) is 20.3. The molecule has 1 fully saturated rings. The minimum atomic E-state index is -2.31. The van der Waals surface area contributed by atoms with Gasteiger partial charge in [0.15, 0.2) is 0 Å². The largest absolute Gasteiger partial charge is 0.465 e. The standard InChI is InChI=1S/C25H27N3O8/c1-4-36-24(31)25(14-26)20(15-9-8-12-17(13-15)28(32)33)18(22(29)34-2)19(23(30)35-3)21(25)27-16-10-6-5-7-11-16/h8-9,12-13,16,27H,4-7,10-11H2,1-3H3. The highest BCUT2D eigenvalue weighted by Crippen LogP contribution is 2.53. The van der Waals surface area contributed by atoms with Crippen LogP contribution in [0.4, 0.5) is 5.69 Å². The Kier molecular flexibility index (Phi) is 8.09. The van der Waals surface area contributed by atoms with Gasteiger partial charge in [-0.05, 0) is 25.3 Å². The minimum absolute atomic E-state index is 0.0149. The summed E-state index contributed by atoms with van der Waals surface area (Å²) in [5.41, 5.74) is -3.75. The van der Waals surface area contributed by atoms with E-state index in [9.17, 15) is 29.8 Å². The topological polar surface area (TPSA) is 158 Å². The summed E-state index contributed by atoms with van der Waals surface area (Å²) in [6, 6.07) is 6.90. The lowest BCUT2D eigenvalue weighted by atomic mass is 9.76. The maximum atomic E-state index is 13.6. The Morgan fingerprint density at radius 2 is 1.78 bits per heavy atom. The third kappa shape index (κ3) is 4.54. The molecule has 0 radical (unpaired) electrons. The number of nitrogens with zero attached hydrogens (tertiary/aromatic N) is 2. The van der Waals surface area contributed by atoms with Crippen molar-refractivity contribution in [3.05, 3.63) is 56.8 Å². The monoisotopic (exact) mass is 497 g/mol. The van der Waals surface area contributed by atoms with E-state index in [0.717, 1.165) is 39.5 Å². The van der Waals surface area contributed by atoms with Crippen LogP contribution in [0.1, 0.15) is 44.6 Å². The molecular weight excluding hydrogens is 470 g/mol. The second-order valence-corrected chi connectivity index (χ2v) is 8.35. The molecule has 11 nitrogen and oxygen atoms in total.